The summed E-state index contributed by atoms with van der Waals surface area (Å²) in [6, 6.07) is 1.04. The van der Waals surface area contributed by atoms with Crippen molar-refractivity contribution in [2.45, 2.75) is 32.5 Å². The van der Waals surface area contributed by atoms with Crippen LogP contribution in [-0.2, 0) is 0 Å². The number of rotatable bonds is 8. The second-order valence-corrected chi connectivity index (χ2v) is 8.50. The van der Waals surface area contributed by atoms with Crippen molar-refractivity contribution in [3.63, 3.8) is 0 Å². The van der Waals surface area contributed by atoms with Crippen molar-refractivity contribution in [3.05, 3.63) is 75.6 Å². The van der Waals surface area contributed by atoms with E-state index < -0.39 is 34.9 Å². The summed E-state index contributed by atoms with van der Waals surface area (Å²) in [6.07, 6.45) is 4.45. The molecule has 2 aromatic heterocycles. The molecule has 170 valence electrons. The Morgan fingerprint density at radius 2 is 2.00 bits per heavy atom. The van der Waals surface area contributed by atoms with Crippen LogP contribution < -0.4 is 10.6 Å². The number of aromatic nitrogens is 3. The molecule has 2 heterocycles. The lowest BCUT2D eigenvalue weighted by molar-refractivity contribution is 0.0932. The quantitative estimate of drug-likeness (QED) is 0.300. The second kappa shape index (κ2) is 10.5. The number of nitrogens with one attached hydrogen (secondary N) is 2. The van der Waals surface area contributed by atoms with Crippen LogP contribution in [0.4, 0.5) is 8.78 Å². The molecule has 0 saturated heterocycles. The van der Waals surface area contributed by atoms with Crippen LogP contribution in [0.1, 0.15) is 50.8 Å². The SMILES string of the molecule is C=C/C(O)=C(\C=C(/C)NC(=O)c1cnc(C(C)NC(=O)c2cc(C)ncn2)s1)C(F)(F)P. The van der Waals surface area contributed by atoms with Gasteiger partial charge >= 0.3 is 0 Å². The molecule has 2 rings (SSSR count). The summed E-state index contributed by atoms with van der Waals surface area (Å²) in [5.74, 6) is -1.69. The predicted octanol–water partition coefficient (Wildman–Crippen LogP) is 3.83. The topological polar surface area (TPSA) is 117 Å². The van der Waals surface area contributed by atoms with Crippen molar-refractivity contribution in [1.82, 2.24) is 25.6 Å². The number of allylic oxidation sites excluding steroid dienone is 4. The van der Waals surface area contributed by atoms with Crippen molar-refractivity contribution in [3.8, 4) is 0 Å². The minimum absolute atomic E-state index is 0.0796. The van der Waals surface area contributed by atoms with Gasteiger partial charge in [0.05, 0.1) is 17.8 Å². The van der Waals surface area contributed by atoms with Crippen LogP contribution in [0.5, 0.6) is 0 Å². The van der Waals surface area contributed by atoms with Crippen molar-refractivity contribution in [2.75, 3.05) is 0 Å². The van der Waals surface area contributed by atoms with Gasteiger partial charge in [-0.2, -0.15) is 8.78 Å². The fourth-order valence-corrected chi connectivity index (χ4v) is 3.49. The summed E-state index contributed by atoms with van der Waals surface area (Å²) >= 11 is 1.04. The molecule has 0 spiro atoms. The van der Waals surface area contributed by atoms with Crippen molar-refractivity contribution < 1.29 is 23.5 Å². The fourth-order valence-electron chi connectivity index (χ4n) is 2.45. The molecule has 0 fully saturated rings. The maximum absolute atomic E-state index is 13.7. The van der Waals surface area contributed by atoms with Gasteiger partial charge in [0.25, 0.3) is 17.5 Å². The Balaban J connectivity index is 2.10. The lowest BCUT2D eigenvalue weighted by Crippen LogP contribution is -2.27. The molecule has 2 amide bonds. The highest BCUT2D eigenvalue weighted by Gasteiger charge is 2.29. The number of hydrogen-bond donors (Lipinski definition) is 3. The molecule has 0 saturated carbocycles. The van der Waals surface area contributed by atoms with E-state index in [1.54, 1.807) is 19.9 Å². The van der Waals surface area contributed by atoms with Gasteiger partial charge in [-0.3, -0.25) is 9.59 Å². The molecule has 8 nitrogen and oxygen atoms in total. The minimum Gasteiger partial charge on any atom is -0.507 e. The minimum atomic E-state index is -3.42. The van der Waals surface area contributed by atoms with Crippen molar-refractivity contribution >= 4 is 32.4 Å². The average molecular weight is 481 g/mol. The molecule has 2 atom stereocenters. The van der Waals surface area contributed by atoms with E-state index in [0.29, 0.717) is 10.7 Å². The largest absolute Gasteiger partial charge is 0.507 e. The summed E-state index contributed by atoms with van der Waals surface area (Å²) in [6.45, 7) is 8.11. The van der Waals surface area contributed by atoms with Crippen LogP contribution in [0.2, 0.25) is 0 Å². The molecule has 32 heavy (non-hydrogen) atoms. The first-order valence-electron chi connectivity index (χ1n) is 9.20. The Morgan fingerprint density at radius 1 is 1.31 bits per heavy atom. The third-order valence-electron chi connectivity index (χ3n) is 4.00. The number of carbonyl (C=O) groups excluding carboxylic acids is 2. The van der Waals surface area contributed by atoms with Gasteiger partial charge in [-0.1, -0.05) is 15.8 Å². The van der Waals surface area contributed by atoms with E-state index in [1.807, 2.05) is 0 Å². The maximum Gasteiger partial charge on any atom is 0.287 e. The molecule has 2 aromatic rings. The molecule has 0 aromatic carbocycles. The number of aliphatic hydroxyl groups excluding tert-OH is 1. The van der Waals surface area contributed by atoms with Gasteiger partial charge in [-0.25, -0.2) is 15.0 Å². The number of nitrogens with zero attached hydrogens (tertiary/aromatic N) is 3. The van der Waals surface area contributed by atoms with E-state index in [2.05, 4.69) is 32.2 Å². The molecular formula is C20H22F2N5O3PS. The number of carbonyl (C=O) groups is 2. The monoisotopic (exact) mass is 481 g/mol. The first kappa shape index (κ1) is 25.2. The van der Waals surface area contributed by atoms with Gasteiger partial charge in [-0.15, -0.1) is 11.3 Å². The van der Waals surface area contributed by atoms with Crippen molar-refractivity contribution in [1.29, 1.82) is 0 Å². The molecule has 0 radical (unpaired) electrons. The fraction of sp³-hybridized carbons (Fsp3) is 0.250. The highest BCUT2D eigenvalue weighted by molar-refractivity contribution is 7.18. The van der Waals surface area contributed by atoms with Crippen LogP contribution in [0.3, 0.4) is 0 Å². The Kier molecular flexibility index (Phi) is 8.29. The number of thiazole rings is 1. The summed E-state index contributed by atoms with van der Waals surface area (Å²) in [5, 5.41) is 15.3. The molecular weight excluding hydrogens is 459 g/mol. The first-order chi connectivity index (χ1) is 14.9. The van der Waals surface area contributed by atoms with E-state index >= 15 is 0 Å². The standard InChI is InChI=1S/C20H22F2N5O3PS/c1-5-15(28)13(20(21,22)31)6-11(3)26-18(30)16-8-23-19(32-16)12(4)27-17(29)14-7-10(2)24-9-25-14/h5-9,12,28H,1,31H2,2-4H3,(H,26,30)(H,27,29)/b11-6+,15-13-. The van der Waals surface area contributed by atoms with Crippen LogP contribution in [-0.4, -0.2) is 37.5 Å². The molecule has 12 heteroatoms. The number of amides is 2. The summed E-state index contributed by atoms with van der Waals surface area (Å²) in [5.41, 5.74) is -3.20. The Morgan fingerprint density at radius 3 is 2.59 bits per heavy atom. The average Bonchev–Trinajstić information content (AvgIpc) is 3.21. The first-order valence-corrected chi connectivity index (χ1v) is 10.6. The summed E-state index contributed by atoms with van der Waals surface area (Å²) < 4.78 is 27.4. The zero-order valence-electron chi connectivity index (χ0n) is 17.5. The van der Waals surface area contributed by atoms with Gasteiger partial charge in [0, 0.05) is 11.4 Å². The van der Waals surface area contributed by atoms with Gasteiger partial charge in [0.1, 0.15) is 27.7 Å². The Bertz CT molecular complexity index is 1090. The van der Waals surface area contributed by atoms with Crippen molar-refractivity contribution in [2.24, 2.45) is 0 Å². The molecule has 0 aliphatic rings. The lowest BCUT2D eigenvalue weighted by atomic mass is 10.2. The van der Waals surface area contributed by atoms with Crippen LogP contribution >= 0.6 is 20.6 Å². The summed E-state index contributed by atoms with van der Waals surface area (Å²) in [7, 11) is 1.32. The zero-order chi connectivity index (χ0) is 24.1. The van der Waals surface area contributed by atoms with E-state index in [9.17, 15) is 23.5 Å². The molecule has 3 N–H and O–H groups in total. The maximum atomic E-state index is 13.7. The second-order valence-electron chi connectivity index (χ2n) is 6.71. The smallest absolute Gasteiger partial charge is 0.287 e. The highest BCUT2D eigenvalue weighted by atomic mass is 32.1. The Hall–Kier alpha value is -3.04. The van der Waals surface area contributed by atoms with E-state index in [-0.39, 0.29) is 16.3 Å². The van der Waals surface area contributed by atoms with E-state index in [4.69, 9.17) is 0 Å². The van der Waals surface area contributed by atoms with Crippen LogP contribution in [0.15, 0.2) is 54.4 Å². The lowest BCUT2D eigenvalue weighted by Gasteiger charge is -2.14. The van der Waals surface area contributed by atoms with Crippen LogP contribution in [0.25, 0.3) is 0 Å². The third kappa shape index (κ3) is 6.73. The number of aliphatic hydroxyl groups is 1. The molecule has 0 aliphatic heterocycles. The highest BCUT2D eigenvalue weighted by Crippen LogP contribution is 2.34. The van der Waals surface area contributed by atoms with Gasteiger partial charge in [0.15, 0.2) is 0 Å². The van der Waals surface area contributed by atoms with Gasteiger partial charge < -0.3 is 15.7 Å². The number of hydrogen-bond acceptors (Lipinski definition) is 7. The van der Waals surface area contributed by atoms with Gasteiger partial charge in [0.2, 0.25) is 0 Å². The number of aryl methyl sites for hydroxylation is 1. The zero-order valence-corrected chi connectivity index (χ0v) is 19.5. The Labute approximate surface area is 189 Å². The predicted molar refractivity (Wildman–Crippen MR) is 120 cm³/mol. The number of halogens is 2. The van der Waals surface area contributed by atoms with Crippen LogP contribution in [0, 0.1) is 6.92 Å². The van der Waals surface area contributed by atoms with E-state index in [1.165, 1.54) is 28.7 Å². The van der Waals surface area contributed by atoms with E-state index in [0.717, 1.165) is 23.5 Å². The van der Waals surface area contributed by atoms with Gasteiger partial charge in [-0.05, 0) is 39.0 Å². The molecule has 0 bridgehead atoms. The summed E-state index contributed by atoms with van der Waals surface area (Å²) in [4.78, 5) is 37.0. The number of alkyl halides is 2. The third-order valence-corrected chi connectivity index (χ3v) is 5.49. The normalized spacial score (nSPS) is 13.8. The molecule has 2 unspecified atom stereocenters. The molecule has 0 aliphatic carbocycles.